The molecule has 0 N–H and O–H groups in total. The van der Waals surface area contributed by atoms with Crippen molar-refractivity contribution in [3.05, 3.63) is 17.0 Å². The lowest BCUT2D eigenvalue weighted by atomic mass is 10.4. The van der Waals surface area contributed by atoms with Crippen molar-refractivity contribution >= 4 is 26.1 Å². The summed E-state index contributed by atoms with van der Waals surface area (Å²) < 4.78 is 1.54. The van der Waals surface area contributed by atoms with Crippen LogP contribution < -0.4 is 4.50 Å². The van der Waals surface area contributed by atoms with Crippen LogP contribution in [0.3, 0.4) is 0 Å². The van der Waals surface area contributed by atoms with E-state index in [4.69, 9.17) is 0 Å². The van der Waals surface area contributed by atoms with Crippen LogP contribution >= 0.6 is 11.3 Å². The van der Waals surface area contributed by atoms with Gasteiger partial charge in [-0.3, -0.25) is 0 Å². The van der Waals surface area contributed by atoms with Gasteiger partial charge in [0.2, 0.25) is 0 Å². The van der Waals surface area contributed by atoms with Crippen LogP contribution in [0.5, 0.6) is 0 Å². The van der Waals surface area contributed by atoms with Gasteiger partial charge < -0.3 is 0 Å². The molecule has 1 aromatic rings. The highest BCUT2D eigenvalue weighted by atomic mass is 32.1. The fourth-order valence-electron chi connectivity index (χ4n) is 0.575. The second kappa shape index (κ2) is 1.80. The minimum atomic E-state index is 1.21. The van der Waals surface area contributed by atoms with Gasteiger partial charge in [-0.25, -0.2) is 0 Å². The average Bonchev–Trinajstić information content (AvgIpc) is 1.87. The van der Waals surface area contributed by atoms with Gasteiger partial charge in [-0.05, 0) is 22.4 Å². The van der Waals surface area contributed by atoms with Crippen LogP contribution in [0.4, 0.5) is 0 Å². The largest absolute Gasteiger partial charge is 0.154 e. The third-order valence-electron chi connectivity index (χ3n) is 0.862. The minimum absolute atomic E-state index is 1.21. The molecule has 0 spiro atoms. The molecule has 0 saturated heterocycles. The molecule has 7 heavy (non-hydrogen) atoms. The maximum atomic E-state index is 2.25. The van der Waals surface area contributed by atoms with Gasteiger partial charge in [0.1, 0.15) is 0 Å². The number of hydrogen-bond donors (Lipinski definition) is 0. The van der Waals surface area contributed by atoms with Crippen LogP contribution in [-0.4, -0.2) is 10.2 Å². The third kappa shape index (κ3) is 1.14. The fourth-order valence-corrected chi connectivity index (χ4v) is 2.08. The molecule has 0 saturated carbocycles. The van der Waals surface area contributed by atoms with Crippen LogP contribution in [0.1, 0.15) is 5.56 Å². The van der Waals surface area contributed by atoms with E-state index in [1.807, 2.05) is 11.3 Å². The molecule has 0 bridgehead atoms. The molecule has 1 rings (SSSR count). The topological polar surface area (TPSA) is 0 Å². The van der Waals surface area contributed by atoms with Gasteiger partial charge in [0.15, 0.2) is 0 Å². The molecule has 1 aromatic heterocycles. The van der Waals surface area contributed by atoms with Gasteiger partial charge >= 0.3 is 0 Å². The summed E-state index contributed by atoms with van der Waals surface area (Å²) in [5.74, 6) is 0. The number of rotatable bonds is 0. The van der Waals surface area contributed by atoms with Crippen LogP contribution in [0.25, 0.3) is 0 Å². The standard InChI is InChI=1S/C5H8SSi/c1-4-2-5(7)6-3-4/h2-3H,1,7H3. The van der Waals surface area contributed by atoms with Gasteiger partial charge in [-0.2, -0.15) is 11.3 Å². The highest BCUT2D eigenvalue weighted by Crippen LogP contribution is 1.98. The summed E-state index contributed by atoms with van der Waals surface area (Å²) >= 11 is 1.87. The SMILES string of the molecule is Cc1csc([SiH3])c1. The maximum Gasteiger partial charge on any atom is 0.0514 e. The van der Waals surface area contributed by atoms with Gasteiger partial charge in [0.25, 0.3) is 0 Å². The van der Waals surface area contributed by atoms with E-state index in [0.717, 1.165) is 0 Å². The van der Waals surface area contributed by atoms with E-state index in [0.29, 0.717) is 0 Å². The zero-order chi connectivity index (χ0) is 5.28. The smallest absolute Gasteiger partial charge is 0.0514 e. The summed E-state index contributed by atoms with van der Waals surface area (Å²) in [5.41, 5.74) is 1.41. The van der Waals surface area contributed by atoms with Crippen molar-refractivity contribution in [2.45, 2.75) is 6.92 Å². The van der Waals surface area contributed by atoms with Crippen LogP contribution in [0.2, 0.25) is 0 Å². The number of thiophene rings is 1. The van der Waals surface area contributed by atoms with Gasteiger partial charge in [0.05, 0.1) is 10.2 Å². The molecule has 2 heteroatoms. The third-order valence-corrected chi connectivity index (χ3v) is 2.84. The molecular weight excluding hydrogens is 120 g/mol. The Morgan fingerprint density at radius 3 is 2.57 bits per heavy atom. The second-order valence-electron chi connectivity index (χ2n) is 1.73. The van der Waals surface area contributed by atoms with Gasteiger partial charge in [0, 0.05) is 0 Å². The van der Waals surface area contributed by atoms with Crippen molar-refractivity contribution < 1.29 is 0 Å². The Balaban J connectivity index is 3.04. The first-order valence-corrected chi connectivity index (χ1v) is 4.19. The van der Waals surface area contributed by atoms with Crippen molar-refractivity contribution in [1.82, 2.24) is 0 Å². The first kappa shape index (κ1) is 5.06. The maximum absolute atomic E-state index is 2.25. The van der Waals surface area contributed by atoms with Crippen LogP contribution in [0, 0.1) is 6.92 Å². The van der Waals surface area contributed by atoms with E-state index in [1.54, 1.807) is 0 Å². The Morgan fingerprint density at radius 2 is 2.43 bits per heavy atom. The summed E-state index contributed by atoms with van der Waals surface area (Å²) in [6.07, 6.45) is 0. The normalized spacial score (nSPS) is 9.86. The molecule has 0 unspecified atom stereocenters. The first-order chi connectivity index (χ1) is 3.29. The zero-order valence-corrected chi connectivity index (χ0v) is 7.38. The van der Waals surface area contributed by atoms with Gasteiger partial charge in [-0.1, -0.05) is 6.07 Å². The highest BCUT2D eigenvalue weighted by Gasteiger charge is 1.84. The zero-order valence-electron chi connectivity index (χ0n) is 4.56. The molecule has 0 atom stereocenters. The van der Waals surface area contributed by atoms with Crippen molar-refractivity contribution in [2.75, 3.05) is 0 Å². The molecule has 0 nitrogen and oxygen atoms in total. The van der Waals surface area contributed by atoms with E-state index in [2.05, 4.69) is 18.4 Å². The highest BCUT2D eigenvalue weighted by molar-refractivity contribution is 7.18. The molecule has 0 aliphatic heterocycles. The molecule has 0 radical (unpaired) electrons. The fraction of sp³-hybridized carbons (Fsp3) is 0.200. The van der Waals surface area contributed by atoms with E-state index < -0.39 is 0 Å². The van der Waals surface area contributed by atoms with Crippen molar-refractivity contribution in [2.24, 2.45) is 0 Å². The molecule has 0 aliphatic carbocycles. The molecule has 38 valence electrons. The molecular formula is C5H8SSi. The Kier molecular flexibility index (Phi) is 1.30. The quantitative estimate of drug-likeness (QED) is 0.433. The lowest BCUT2D eigenvalue weighted by Crippen LogP contribution is -1.89. The van der Waals surface area contributed by atoms with E-state index in [-0.39, 0.29) is 0 Å². The molecule has 0 fully saturated rings. The Morgan fingerprint density at radius 1 is 1.71 bits per heavy atom. The predicted molar refractivity (Wildman–Crippen MR) is 38.6 cm³/mol. The summed E-state index contributed by atoms with van der Waals surface area (Å²) in [4.78, 5) is 0. The average molecular weight is 128 g/mol. The monoisotopic (exact) mass is 128 g/mol. The number of aryl methyl sites for hydroxylation is 1. The second-order valence-corrected chi connectivity index (χ2v) is 4.65. The molecule has 1 heterocycles. The predicted octanol–water partition coefficient (Wildman–Crippen LogP) is 0.0472. The number of hydrogen-bond acceptors (Lipinski definition) is 1. The minimum Gasteiger partial charge on any atom is -0.154 e. The van der Waals surface area contributed by atoms with E-state index in [9.17, 15) is 0 Å². The molecule has 0 amide bonds. The van der Waals surface area contributed by atoms with Crippen LogP contribution in [0.15, 0.2) is 11.4 Å². The summed E-state index contributed by atoms with van der Waals surface area (Å²) in [6, 6.07) is 2.25. The molecule has 0 aliphatic rings. The van der Waals surface area contributed by atoms with Crippen LogP contribution in [-0.2, 0) is 0 Å². The summed E-state index contributed by atoms with van der Waals surface area (Å²) in [5, 5.41) is 2.20. The summed E-state index contributed by atoms with van der Waals surface area (Å²) in [6.45, 7) is 2.14. The lowest BCUT2D eigenvalue weighted by molar-refractivity contribution is 1.57. The van der Waals surface area contributed by atoms with Crippen molar-refractivity contribution in [1.29, 1.82) is 0 Å². The first-order valence-electron chi connectivity index (χ1n) is 2.31. The Hall–Kier alpha value is -0.0831. The lowest BCUT2D eigenvalue weighted by Gasteiger charge is -1.70. The molecule has 0 aromatic carbocycles. The van der Waals surface area contributed by atoms with Gasteiger partial charge in [-0.15, -0.1) is 0 Å². The van der Waals surface area contributed by atoms with E-state index in [1.165, 1.54) is 20.3 Å². The van der Waals surface area contributed by atoms with Crippen molar-refractivity contribution in [3.8, 4) is 0 Å². The Labute approximate surface area is 50.6 Å². The summed E-state index contributed by atoms with van der Waals surface area (Å²) in [7, 11) is 1.21. The van der Waals surface area contributed by atoms with E-state index >= 15 is 0 Å². The van der Waals surface area contributed by atoms with Crippen molar-refractivity contribution in [3.63, 3.8) is 0 Å². The Bertz CT molecular complexity index is 140.